The number of rotatable bonds is 2. The van der Waals surface area contributed by atoms with E-state index in [0.717, 1.165) is 12.1 Å². The van der Waals surface area contributed by atoms with Crippen LogP contribution in [0.3, 0.4) is 0 Å². The summed E-state index contributed by atoms with van der Waals surface area (Å²) >= 11 is 0. The Morgan fingerprint density at radius 2 is 2.00 bits per heavy atom. The molecule has 23 heavy (non-hydrogen) atoms. The number of benzene rings is 1. The molecule has 1 amide bonds. The van der Waals surface area contributed by atoms with Crippen LogP contribution in [0.2, 0.25) is 0 Å². The lowest BCUT2D eigenvalue weighted by Crippen LogP contribution is -2.54. The van der Waals surface area contributed by atoms with Gasteiger partial charge in [0.05, 0.1) is 11.9 Å². The van der Waals surface area contributed by atoms with Gasteiger partial charge in [-0.3, -0.25) is 4.79 Å². The minimum atomic E-state index is -0.0825. The number of nitrogens with zero attached hydrogens (tertiary/aromatic N) is 4. The molecule has 0 bridgehead atoms. The van der Waals surface area contributed by atoms with Crippen molar-refractivity contribution < 1.29 is 4.79 Å². The van der Waals surface area contributed by atoms with Crippen molar-refractivity contribution in [3.05, 3.63) is 41.7 Å². The number of piperidine rings is 1. The molecule has 2 heterocycles. The van der Waals surface area contributed by atoms with E-state index < -0.39 is 0 Å². The molecule has 0 spiro atoms. The predicted molar refractivity (Wildman–Crippen MR) is 88.4 cm³/mol. The molecule has 0 saturated carbocycles. The summed E-state index contributed by atoms with van der Waals surface area (Å²) in [5.41, 5.74) is 8.50. The van der Waals surface area contributed by atoms with Gasteiger partial charge in [-0.1, -0.05) is 36.8 Å². The molecule has 0 radical (unpaired) electrons. The maximum absolute atomic E-state index is 12.7. The highest BCUT2D eigenvalue weighted by molar-refractivity contribution is 5.92. The Hall–Kier alpha value is -2.21. The Morgan fingerprint density at radius 3 is 2.65 bits per heavy atom. The largest absolute Gasteiger partial charge is 0.337 e. The fourth-order valence-corrected chi connectivity index (χ4v) is 2.89. The molecule has 1 aromatic carbocycles. The van der Waals surface area contributed by atoms with Crippen molar-refractivity contribution in [2.75, 3.05) is 13.1 Å². The molecule has 2 N–H and O–H groups in total. The summed E-state index contributed by atoms with van der Waals surface area (Å²) in [6.45, 7) is 7.54. The van der Waals surface area contributed by atoms with Gasteiger partial charge in [-0.15, -0.1) is 5.10 Å². The van der Waals surface area contributed by atoms with Gasteiger partial charge >= 0.3 is 0 Å². The number of likely N-dealkylation sites (tertiary alicyclic amines) is 1. The quantitative estimate of drug-likeness (QED) is 0.917. The van der Waals surface area contributed by atoms with Crippen LogP contribution in [0.4, 0.5) is 0 Å². The molecule has 1 unspecified atom stereocenters. The van der Waals surface area contributed by atoms with Crippen molar-refractivity contribution in [1.29, 1.82) is 0 Å². The van der Waals surface area contributed by atoms with Gasteiger partial charge in [-0.05, 0) is 30.9 Å². The normalized spacial score (nSPS) is 20.5. The molecule has 1 aliphatic heterocycles. The Kier molecular flexibility index (Phi) is 3.93. The number of amides is 1. The molecule has 1 aliphatic rings. The Labute approximate surface area is 136 Å². The molecule has 2 aromatic rings. The predicted octanol–water partition coefficient (Wildman–Crippen LogP) is 1.78. The minimum absolute atomic E-state index is 0.0802. The summed E-state index contributed by atoms with van der Waals surface area (Å²) in [5, 5.41) is 8.13. The zero-order chi connectivity index (χ0) is 16.6. The fraction of sp³-hybridized carbons (Fsp3) is 0.471. The molecule has 6 nitrogen and oxygen atoms in total. The topological polar surface area (TPSA) is 77.0 Å². The van der Waals surface area contributed by atoms with Gasteiger partial charge in [0.2, 0.25) is 0 Å². The number of nitrogens with two attached hydrogens (primary N) is 1. The highest BCUT2D eigenvalue weighted by Crippen LogP contribution is 2.28. The summed E-state index contributed by atoms with van der Waals surface area (Å²) in [6, 6.07) is 8.05. The molecule has 1 saturated heterocycles. The van der Waals surface area contributed by atoms with Crippen LogP contribution in [-0.4, -0.2) is 44.9 Å². The lowest BCUT2D eigenvalue weighted by Gasteiger charge is -2.42. The molecule has 122 valence electrons. The van der Waals surface area contributed by atoms with Crippen molar-refractivity contribution in [1.82, 2.24) is 19.9 Å². The van der Waals surface area contributed by atoms with Gasteiger partial charge in [0, 0.05) is 19.1 Å². The number of carbonyl (C=O) groups is 1. The van der Waals surface area contributed by atoms with E-state index in [-0.39, 0.29) is 17.4 Å². The average molecular weight is 313 g/mol. The summed E-state index contributed by atoms with van der Waals surface area (Å²) in [5.74, 6) is -0.0802. The van der Waals surface area contributed by atoms with Gasteiger partial charge in [0.25, 0.3) is 5.91 Å². The zero-order valence-electron chi connectivity index (χ0n) is 13.9. The molecule has 6 heteroatoms. The third-order valence-corrected chi connectivity index (χ3v) is 4.61. The molecule has 0 aliphatic carbocycles. The number of carbonyl (C=O) groups excluding carboxylic acids is 1. The molecule has 1 aromatic heterocycles. The number of aryl methyl sites for hydroxylation is 1. The second-order valence-electron chi connectivity index (χ2n) is 6.99. The highest BCUT2D eigenvalue weighted by atomic mass is 16.2. The zero-order valence-corrected chi connectivity index (χ0v) is 13.9. The van der Waals surface area contributed by atoms with E-state index >= 15 is 0 Å². The van der Waals surface area contributed by atoms with Gasteiger partial charge in [-0.2, -0.15) is 0 Å². The van der Waals surface area contributed by atoms with Crippen molar-refractivity contribution >= 4 is 5.91 Å². The summed E-state index contributed by atoms with van der Waals surface area (Å²) < 4.78 is 1.63. The van der Waals surface area contributed by atoms with Crippen LogP contribution in [0.1, 0.15) is 36.3 Å². The van der Waals surface area contributed by atoms with Crippen LogP contribution in [0.15, 0.2) is 30.5 Å². The van der Waals surface area contributed by atoms with Crippen LogP contribution in [0, 0.1) is 12.3 Å². The summed E-state index contributed by atoms with van der Waals surface area (Å²) in [4.78, 5) is 14.5. The van der Waals surface area contributed by atoms with Crippen LogP contribution in [0.5, 0.6) is 0 Å². The molecule has 1 atom stereocenters. The average Bonchev–Trinajstić information content (AvgIpc) is 3.00. The number of hydrogen-bond donors (Lipinski definition) is 1. The lowest BCUT2D eigenvalue weighted by molar-refractivity contribution is 0.0527. The third kappa shape index (κ3) is 3.12. The van der Waals surface area contributed by atoms with E-state index in [1.807, 2.05) is 36.1 Å². The third-order valence-electron chi connectivity index (χ3n) is 4.61. The van der Waals surface area contributed by atoms with Gasteiger partial charge < -0.3 is 10.6 Å². The Balaban J connectivity index is 1.77. The Morgan fingerprint density at radius 1 is 1.30 bits per heavy atom. The van der Waals surface area contributed by atoms with Crippen molar-refractivity contribution in [3.8, 4) is 5.69 Å². The van der Waals surface area contributed by atoms with E-state index in [1.54, 1.807) is 10.9 Å². The van der Waals surface area contributed by atoms with E-state index in [1.165, 1.54) is 5.56 Å². The van der Waals surface area contributed by atoms with Crippen LogP contribution < -0.4 is 5.73 Å². The first-order valence-corrected chi connectivity index (χ1v) is 7.91. The standard InChI is InChI=1S/C17H23N5O/c1-12-4-6-13(7-5-12)22-10-14(19-20-22)16(23)21-9-8-15(18)17(2,3)11-21/h4-7,10,15H,8-9,11,18H2,1-3H3. The van der Waals surface area contributed by atoms with E-state index in [0.29, 0.717) is 18.8 Å². The number of aromatic nitrogens is 3. The van der Waals surface area contributed by atoms with Crippen molar-refractivity contribution in [3.63, 3.8) is 0 Å². The molecule has 3 rings (SSSR count). The highest BCUT2D eigenvalue weighted by Gasteiger charge is 2.36. The number of hydrogen-bond acceptors (Lipinski definition) is 4. The van der Waals surface area contributed by atoms with Gasteiger partial charge in [-0.25, -0.2) is 4.68 Å². The Bertz CT molecular complexity index is 704. The van der Waals surface area contributed by atoms with Crippen LogP contribution >= 0.6 is 0 Å². The maximum Gasteiger partial charge on any atom is 0.276 e. The van der Waals surface area contributed by atoms with Crippen molar-refractivity contribution in [2.45, 2.75) is 33.2 Å². The minimum Gasteiger partial charge on any atom is -0.337 e. The summed E-state index contributed by atoms with van der Waals surface area (Å²) in [6.07, 6.45) is 2.50. The van der Waals surface area contributed by atoms with E-state index in [4.69, 9.17) is 5.73 Å². The van der Waals surface area contributed by atoms with Crippen LogP contribution in [0.25, 0.3) is 5.69 Å². The first kappa shape index (κ1) is 15.7. The van der Waals surface area contributed by atoms with Crippen LogP contribution in [-0.2, 0) is 0 Å². The molecule has 1 fully saturated rings. The SMILES string of the molecule is Cc1ccc(-n2cc(C(=O)N3CCC(N)C(C)(C)C3)nn2)cc1. The fourth-order valence-electron chi connectivity index (χ4n) is 2.89. The van der Waals surface area contributed by atoms with Crippen molar-refractivity contribution in [2.24, 2.45) is 11.1 Å². The van der Waals surface area contributed by atoms with E-state index in [2.05, 4.69) is 24.2 Å². The second kappa shape index (κ2) is 5.77. The summed E-state index contributed by atoms with van der Waals surface area (Å²) in [7, 11) is 0. The molecular weight excluding hydrogens is 290 g/mol. The van der Waals surface area contributed by atoms with Gasteiger partial charge in [0.15, 0.2) is 5.69 Å². The smallest absolute Gasteiger partial charge is 0.276 e. The maximum atomic E-state index is 12.7. The first-order chi connectivity index (χ1) is 10.9. The van der Waals surface area contributed by atoms with Gasteiger partial charge in [0.1, 0.15) is 0 Å². The molecular formula is C17H23N5O. The second-order valence-corrected chi connectivity index (χ2v) is 6.99. The monoisotopic (exact) mass is 313 g/mol. The first-order valence-electron chi connectivity index (χ1n) is 7.91. The van der Waals surface area contributed by atoms with E-state index in [9.17, 15) is 4.79 Å². The lowest BCUT2D eigenvalue weighted by atomic mass is 9.79.